The van der Waals surface area contributed by atoms with Gasteiger partial charge in [-0.15, -0.1) is 0 Å². The molecule has 0 atom stereocenters. The van der Waals surface area contributed by atoms with Gasteiger partial charge in [-0.3, -0.25) is 19.4 Å². The van der Waals surface area contributed by atoms with E-state index in [0.29, 0.717) is 17.0 Å². The SMILES string of the molecule is CC.CCCn1cc(-c2cc(OCc3ncccc3C(N)=O)c3cccnc3c2)cn1. The molecule has 7 heteroatoms. The Morgan fingerprint density at radius 3 is 2.65 bits per heavy atom. The maximum Gasteiger partial charge on any atom is 0.250 e. The standard InChI is InChI=1S/C22H21N5O2.C2H6/c1-2-9-27-13-16(12-26-27)15-10-19-17(5-3-7-24-19)21(11-15)29-14-20-18(22(23)28)6-4-8-25-20;1-2/h3-8,10-13H,2,9,14H2,1H3,(H2,23,28);1-2H3. The van der Waals surface area contributed by atoms with Crippen molar-refractivity contribution in [1.82, 2.24) is 19.7 Å². The molecule has 4 aromatic rings. The Hall–Kier alpha value is -3.74. The number of ether oxygens (including phenoxy) is 1. The Balaban J connectivity index is 0.00000132. The van der Waals surface area contributed by atoms with E-state index in [1.807, 2.05) is 55.2 Å². The molecule has 2 N–H and O–H groups in total. The molecule has 160 valence electrons. The summed E-state index contributed by atoms with van der Waals surface area (Å²) in [5, 5.41) is 5.29. The van der Waals surface area contributed by atoms with Gasteiger partial charge in [0.2, 0.25) is 0 Å². The van der Waals surface area contributed by atoms with Gasteiger partial charge in [0.15, 0.2) is 0 Å². The molecule has 0 spiro atoms. The Morgan fingerprint density at radius 1 is 1.10 bits per heavy atom. The van der Waals surface area contributed by atoms with Crippen LogP contribution in [0.15, 0.2) is 61.2 Å². The van der Waals surface area contributed by atoms with Crippen LogP contribution < -0.4 is 10.5 Å². The van der Waals surface area contributed by atoms with Gasteiger partial charge in [0, 0.05) is 36.1 Å². The van der Waals surface area contributed by atoms with Crippen LogP contribution >= 0.6 is 0 Å². The Labute approximate surface area is 181 Å². The Morgan fingerprint density at radius 2 is 1.87 bits per heavy atom. The minimum atomic E-state index is -0.527. The van der Waals surface area contributed by atoms with E-state index in [-0.39, 0.29) is 6.61 Å². The Kier molecular flexibility index (Phi) is 7.32. The quantitative estimate of drug-likeness (QED) is 0.474. The first-order chi connectivity index (χ1) is 15.2. The second-order valence-corrected chi connectivity index (χ2v) is 6.69. The number of nitrogens with zero attached hydrogens (tertiary/aromatic N) is 4. The molecular formula is C24H27N5O2. The number of carbonyl (C=O) groups is 1. The summed E-state index contributed by atoms with van der Waals surface area (Å²) in [6, 6.07) is 11.1. The molecule has 4 rings (SSSR count). The maximum atomic E-state index is 11.6. The molecule has 31 heavy (non-hydrogen) atoms. The van der Waals surface area contributed by atoms with Crippen molar-refractivity contribution >= 4 is 16.8 Å². The van der Waals surface area contributed by atoms with Gasteiger partial charge >= 0.3 is 0 Å². The number of primary amides is 1. The number of aromatic nitrogens is 4. The van der Waals surface area contributed by atoms with Crippen LogP contribution in [0.2, 0.25) is 0 Å². The smallest absolute Gasteiger partial charge is 0.250 e. The van der Waals surface area contributed by atoms with Crippen LogP contribution in [0.1, 0.15) is 43.2 Å². The second kappa shape index (κ2) is 10.3. The monoisotopic (exact) mass is 417 g/mol. The molecule has 3 heterocycles. The number of carbonyl (C=O) groups excluding carboxylic acids is 1. The van der Waals surface area contributed by atoms with Crippen molar-refractivity contribution in [2.24, 2.45) is 5.73 Å². The summed E-state index contributed by atoms with van der Waals surface area (Å²) in [5.74, 6) is 0.134. The zero-order valence-electron chi connectivity index (χ0n) is 18.1. The fraction of sp³-hybridized carbons (Fsp3) is 0.250. The number of pyridine rings is 2. The normalized spacial score (nSPS) is 10.4. The van der Waals surface area contributed by atoms with Gasteiger partial charge in [-0.1, -0.05) is 20.8 Å². The number of rotatable bonds is 7. The van der Waals surface area contributed by atoms with Crippen LogP contribution in [0.5, 0.6) is 5.75 Å². The maximum absolute atomic E-state index is 11.6. The molecule has 1 aromatic carbocycles. The molecule has 3 aromatic heterocycles. The van der Waals surface area contributed by atoms with E-state index >= 15 is 0 Å². The van der Waals surface area contributed by atoms with Crippen molar-refractivity contribution in [3.8, 4) is 16.9 Å². The fourth-order valence-corrected chi connectivity index (χ4v) is 3.22. The lowest BCUT2D eigenvalue weighted by atomic mass is 10.1. The van der Waals surface area contributed by atoms with Crippen molar-refractivity contribution < 1.29 is 9.53 Å². The van der Waals surface area contributed by atoms with E-state index in [1.165, 1.54) is 0 Å². The first kappa shape index (κ1) is 22.0. The summed E-state index contributed by atoms with van der Waals surface area (Å²) < 4.78 is 8.00. The number of nitrogens with two attached hydrogens (primary N) is 1. The number of fused-ring (bicyclic) bond motifs is 1. The van der Waals surface area contributed by atoms with Gasteiger partial charge in [0.25, 0.3) is 5.91 Å². The van der Waals surface area contributed by atoms with Crippen molar-refractivity contribution in [2.45, 2.75) is 40.3 Å². The molecule has 0 bridgehead atoms. The highest BCUT2D eigenvalue weighted by Gasteiger charge is 2.13. The largest absolute Gasteiger partial charge is 0.487 e. The van der Waals surface area contributed by atoms with Crippen molar-refractivity contribution in [3.63, 3.8) is 0 Å². The third-order valence-corrected chi connectivity index (χ3v) is 4.62. The summed E-state index contributed by atoms with van der Waals surface area (Å²) in [4.78, 5) is 20.4. The zero-order valence-corrected chi connectivity index (χ0v) is 18.1. The van der Waals surface area contributed by atoms with Crippen LogP contribution in [-0.2, 0) is 13.2 Å². The molecule has 0 unspecified atom stereocenters. The summed E-state index contributed by atoms with van der Waals surface area (Å²) >= 11 is 0. The summed E-state index contributed by atoms with van der Waals surface area (Å²) in [5.41, 5.74) is 9.07. The molecule has 0 aliphatic heterocycles. The predicted molar refractivity (Wildman–Crippen MR) is 122 cm³/mol. The first-order valence-electron chi connectivity index (χ1n) is 10.4. The third-order valence-electron chi connectivity index (χ3n) is 4.62. The average molecular weight is 418 g/mol. The number of amides is 1. The van der Waals surface area contributed by atoms with Gasteiger partial charge in [0.1, 0.15) is 12.4 Å². The van der Waals surface area contributed by atoms with Gasteiger partial charge in [-0.2, -0.15) is 5.10 Å². The number of hydrogen-bond donors (Lipinski definition) is 1. The fourth-order valence-electron chi connectivity index (χ4n) is 3.22. The van der Waals surface area contributed by atoms with Crippen LogP contribution in [-0.4, -0.2) is 25.7 Å². The van der Waals surface area contributed by atoms with Crippen LogP contribution in [0, 0.1) is 0 Å². The van der Waals surface area contributed by atoms with Crippen molar-refractivity contribution in [2.75, 3.05) is 0 Å². The summed E-state index contributed by atoms with van der Waals surface area (Å²) in [7, 11) is 0. The van der Waals surface area contributed by atoms with Gasteiger partial charge in [0.05, 0.1) is 23.0 Å². The minimum absolute atomic E-state index is 0.127. The molecule has 0 aliphatic carbocycles. The van der Waals surface area contributed by atoms with E-state index in [2.05, 4.69) is 22.0 Å². The molecular weight excluding hydrogens is 390 g/mol. The lowest BCUT2D eigenvalue weighted by molar-refractivity contribution is 0.0997. The van der Waals surface area contributed by atoms with Crippen LogP contribution in [0.25, 0.3) is 22.0 Å². The van der Waals surface area contributed by atoms with Crippen LogP contribution in [0.4, 0.5) is 0 Å². The summed E-state index contributed by atoms with van der Waals surface area (Å²) in [6.45, 7) is 7.11. The minimum Gasteiger partial charge on any atom is -0.487 e. The predicted octanol–water partition coefficient (Wildman–Crippen LogP) is 4.61. The van der Waals surface area contributed by atoms with Crippen LogP contribution in [0.3, 0.4) is 0 Å². The molecule has 0 radical (unpaired) electrons. The highest BCUT2D eigenvalue weighted by Crippen LogP contribution is 2.32. The van der Waals surface area contributed by atoms with Crippen molar-refractivity contribution in [1.29, 1.82) is 0 Å². The molecule has 0 saturated heterocycles. The lowest BCUT2D eigenvalue weighted by Crippen LogP contribution is -2.15. The van der Waals surface area contributed by atoms with Crippen molar-refractivity contribution in [3.05, 3.63) is 72.4 Å². The van der Waals surface area contributed by atoms with Gasteiger partial charge in [-0.05, 0) is 48.4 Å². The number of aryl methyl sites for hydroxylation is 1. The number of benzene rings is 1. The highest BCUT2D eigenvalue weighted by molar-refractivity contribution is 5.94. The van der Waals surface area contributed by atoms with Gasteiger partial charge in [-0.25, -0.2) is 0 Å². The second-order valence-electron chi connectivity index (χ2n) is 6.69. The topological polar surface area (TPSA) is 95.9 Å². The molecule has 0 fully saturated rings. The number of hydrogen-bond acceptors (Lipinski definition) is 5. The molecule has 7 nitrogen and oxygen atoms in total. The van der Waals surface area contributed by atoms with E-state index < -0.39 is 5.91 Å². The third kappa shape index (κ3) is 5.06. The van der Waals surface area contributed by atoms with E-state index in [1.54, 1.807) is 24.5 Å². The highest BCUT2D eigenvalue weighted by atomic mass is 16.5. The average Bonchev–Trinajstić information content (AvgIpc) is 3.28. The van der Waals surface area contributed by atoms with E-state index in [4.69, 9.17) is 10.5 Å². The Bertz CT molecular complexity index is 1170. The molecule has 0 saturated carbocycles. The lowest BCUT2D eigenvalue weighted by Gasteiger charge is -2.12. The van der Waals surface area contributed by atoms with E-state index in [9.17, 15) is 4.79 Å². The first-order valence-corrected chi connectivity index (χ1v) is 10.4. The zero-order chi connectivity index (χ0) is 22.2. The van der Waals surface area contributed by atoms with E-state index in [0.717, 1.165) is 35.0 Å². The molecule has 1 amide bonds. The van der Waals surface area contributed by atoms with Gasteiger partial charge < -0.3 is 10.5 Å². The summed E-state index contributed by atoms with van der Waals surface area (Å²) in [6.07, 6.45) is 8.24. The molecule has 0 aliphatic rings.